The topological polar surface area (TPSA) is 138 Å². The third-order valence-electron chi connectivity index (χ3n) is 7.80. The van der Waals surface area contributed by atoms with Gasteiger partial charge in [-0.2, -0.15) is 4.98 Å². The second kappa shape index (κ2) is 13.4. The van der Waals surface area contributed by atoms with E-state index < -0.39 is 6.10 Å². The van der Waals surface area contributed by atoms with E-state index in [0.717, 1.165) is 52.8 Å². The molecule has 4 atom stereocenters. The van der Waals surface area contributed by atoms with E-state index in [4.69, 9.17) is 30.9 Å². The van der Waals surface area contributed by atoms with Gasteiger partial charge in [-0.05, 0) is 47.4 Å². The largest absolute Gasteiger partial charge is 0.456 e. The first-order valence-corrected chi connectivity index (χ1v) is 14.9. The van der Waals surface area contributed by atoms with Crippen LogP contribution in [0, 0.1) is 0 Å². The Morgan fingerprint density at radius 2 is 1.72 bits per heavy atom. The standard InChI is InChI=1S/C32H35ClN4O6/c33-24-15-26-25(36-32(37-26)43-28-18-42-30-27(39)17-41-31(28)30)14-23(24)22-9-7-21(8-10-22)20-5-3-19(4-6-20)16-34-11-1-2-29(40)35-12-13-38/h3-10,14-15,27-28,30-31,34,38-39H,1-2,11-13,16-18H2,(H,35,40)(H,36,37). The molecule has 226 valence electrons. The Morgan fingerprint density at radius 3 is 2.49 bits per heavy atom. The molecule has 3 aromatic carbocycles. The molecule has 1 aromatic heterocycles. The Balaban J connectivity index is 1.05. The molecule has 5 N–H and O–H groups in total. The van der Waals surface area contributed by atoms with E-state index in [2.05, 4.69) is 69.1 Å². The summed E-state index contributed by atoms with van der Waals surface area (Å²) < 4.78 is 17.3. The Kier molecular flexibility index (Phi) is 9.22. The highest BCUT2D eigenvalue weighted by Gasteiger charge is 2.48. The molecular weight excluding hydrogens is 572 g/mol. The summed E-state index contributed by atoms with van der Waals surface area (Å²) in [6.07, 6.45) is -0.481. The molecule has 3 heterocycles. The van der Waals surface area contributed by atoms with Gasteiger partial charge in [0.05, 0.1) is 35.9 Å². The molecule has 0 radical (unpaired) electrons. The number of ether oxygens (including phenoxy) is 3. The molecule has 10 nitrogen and oxygen atoms in total. The molecule has 1 amide bonds. The highest BCUT2D eigenvalue weighted by Crippen LogP contribution is 2.35. The third kappa shape index (κ3) is 6.85. The molecule has 2 aliphatic rings. The van der Waals surface area contributed by atoms with Crippen molar-refractivity contribution in [2.45, 2.75) is 43.8 Å². The number of hydrogen-bond donors (Lipinski definition) is 5. The highest BCUT2D eigenvalue weighted by atomic mass is 35.5. The van der Waals surface area contributed by atoms with Crippen LogP contribution in [0.15, 0.2) is 60.7 Å². The van der Waals surface area contributed by atoms with Gasteiger partial charge in [-0.3, -0.25) is 4.79 Å². The molecule has 0 aliphatic carbocycles. The molecule has 11 heteroatoms. The number of nitrogens with one attached hydrogen (secondary N) is 3. The van der Waals surface area contributed by atoms with Crippen LogP contribution in [0.1, 0.15) is 18.4 Å². The van der Waals surface area contributed by atoms with Crippen molar-refractivity contribution in [1.82, 2.24) is 20.6 Å². The number of amides is 1. The molecule has 2 fully saturated rings. The van der Waals surface area contributed by atoms with Crippen molar-refractivity contribution >= 4 is 28.5 Å². The average Bonchev–Trinajstić information content (AvgIpc) is 3.72. The fourth-order valence-corrected chi connectivity index (χ4v) is 5.79. The van der Waals surface area contributed by atoms with Gasteiger partial charge >= 0.3 is 0 Å². The fraction of sp³-hybridized carbons (Fsp3) is 0.375. The van der Waals surface area contributed by atoms with Crippen molar-refractivity contribution in [2.24, 2.45) is 0 Å². The first-order valence-electron chi connectivity index (χ1n) is 14.5. The van der Waals surface area contributed by atoms with E-state index in [1.165, 1.54) is 5.56 Å². The first-order chi connectivity index (χ1) is 21.0. The quantitative estimate of drug-likeness (QED) is 0.155. The van der Waals surface area contributed by atoms with Crippen LogP contribution >= 0.6 is 11.6 Å². The van der Waals surface area contributed by atoms with Crippen LogP contribution in [-0.4, -0.2) is 83.4 Å². The zero-order valence-electron chi connectivity index (χ0n) is 23.6. The van der Waals surface area contributed by atoms with Gasteiger partial charge in [-0.1, -0.05) is 60.1 Å². The van der Waals surface area contributed by atoms with Crippen molar-refractivity contribution in [2.75, 3.05) is 32.9 Å². The second-order valence-electron chi connectivity index (χ2n) is 10.8. The van der Waals surface area contributed by atoms with Gasteiger partial charge in [0.1, 0.15) is 18.3 Å². The van der Waals surface area contributed by atoms with Gasteiger partial charge in [-0.25, -0.2) is 0 Å². The second-order valence-corrected chi connectivity index (χ2v) is 11.2. The van der Waals surface area contributed by atoms with Gasteiger partial charge in [-0.15, -0.1) is 0 Å². The minimum absolute atomic E-state index is 0.0372. The molecule has 4 unspecified atom stereocenters. The van der Waals surface area contributed by atoms with Crippen LogP contribution in [-0.2, 0) is 20.8 Å². The van der Waals surface area contributed by atoms with Crippen molar-refractivity contribution in [3.63, 3.8) is 0 Å². The molecule has 0 saturated carbocycles. The first kappa shape index (κ1) is 29.6. The lowest BCUT2D eigenvalue weighted by Crippen LogP contribution is -2.34. The van der Waals surface area contributed by atoms with Crippen LogP contribution in [0.5, 0.6) is 6.01 Å². The van der Waals surface area contributed by atoms with E-state index in [1.807, 2.05) is 12.1 Å². The van der Waals surface area contributed by atoms with Crippen LogP contribution in [0.3, 0.4) is 0 Å². The van der Waals surface area contributed by atoms with E-state index in [1.54, 1.807) is 0 Å². The summed E-state index contributed by atoms with van der Waals surface area (Å²) in [6, 6.07) is 20.8. The molecule has 4 aromatic rings. The van der Waals surface area contributed by atoms with Crippen LogP contribution in [0.2, 0.25) is 5.02 Å². The maximum atomic E-state index is 11.6. The number of aromatic nitrogens is 2. The number of rotatable bonds is 12. The number of halogens is 1. The van der Waals surface area contributed by atoms with E-state index >= 15 is 0 Å². The number of aliphatic hydroxyl groups is 2. The van der Waals surface area contributed by atoms with Crippen LogP contribution < -0.4 is 15.4 Å². The van der Waals surface area contributed by atoms with Gasteiger partial charge < -0.3 is 40.0 Å². The summed E-state index contributed by atoms with van der Waals surface area (Å²) in [4.78, 5) is 19.4. The van der Waals surface area contributed by atoms with Gasteiger partial charge in [0.25, 0.3) is 6.01 Å². The van der Waals surface area contributed by atoms with Crippen LogP contribution in [0.25, 0.3) is 33.3 Å². The van der Waals surface area contributed by atoms with Gasteiger partial charge in [0, 0.05) is 25.1 Å². The van der Waals surface area contributed by atoms with Crippen LogP contribution in [0.4, 0.5) is 0 Å². The molecule has 0 bridgehead atoms. The summed E-state index contributed by atoms with van der Waals surface area (Å²) in [6.45, 7) is 2.30. The lowest BCUT2D eigenvalue weighted by atomic mass is 9.99. The van der Waals surface area contributed by atoms with E-state index in [0.29, 0.717) is 30.6 Å². The number of nitrogens with zero attached hydrogens (tertiary/aromatic N) is 1. The summed E-state index contributed by atoms with van der Waals surface area (Å²) in [7, 11) is 0. The van der Waals surface area contributed by atoms with E-state index in [-0.39, 0.29) is 37.4 Å². The molecule has 43 heavy (non-hydrogen) atoms. The Morgan fingerprint density at radius 1 is 1.00 bits per heavy atom. The predicted octanol–water partition coefficient (Wildman–Crippen LogP) is 3.43. The Hall–Kier alpha value is -3.51. The zero-order chi connectivity index (χ0) is 29.8. The zero-order valence-corrected chi connectivity index (χ0v) is 24.3. The SMILES string of the molecule is O=C(CCCNCc1ccc(-c2ccc(-c3cc4nc(OC5COC6C(O)COC56)[nH]c4cc3Cl)cc2)cc1)NCCO. The lowest BCUT2D eigenvalue weighted by Gasteiger charge is -2.15. The third-order valence-corrected chi connectivity index (χ3v) is 8.11. The summed E-state index contributed by atoms with van der Waals surface area (Å²) in [5, 5.41) is 25.4. The minimum Gasteiger partial charge on any atom is -0.456 e. The van der Waals surface area contributed by atoms with Gasteiger partial charge in [0.15, 0.2) is 6.10 Å². The summed E-state index contributed by atoms with van der Waals surface area (Å²) >= 11 is 6.69. The maximum absolute atomic E-state index is 11.6. The number of aliphatic hydroxyl groups excluding tert-OH is 2. The van der Waals surface area contributed by atoms with Gasteiger partial charge in [0.2, 0.25) is 5.91 Å². The minimum atomic E-state index is -0.633. The number of aromatic amines is 1. The monoisotopic (exact) mass is 606 g/mol. The Bertz CT molecular complexity index is 1540. The molecular formula is C32H35ClN4O6. The number of carbonyl (C=O) groups is 1. The molecule has 0 spiro atoms. The fourth-order valence-electron chi connectivity index (χ4n) is 5.52. The maximum Gasteiger partial charge on any atom is 0.295 e. The molecule has 2 aliphatic heterocycles. The van der Waals surface area contributed by atoms with E-state index in [9.17, 15) is 9.90 Å². The average molecular weight is 607 g/mol. The molecule has 6 rings (SSSR count). The smallest absolute Gasteiger partial charge is 0.295 e. The van der Waals surface area contributed by atoms with Crippen molar-refractivity contribution in [3.05, 3.63) is 71.2 Å². The predicted molar refractivity (Wildman–Crippen MR) is 163 cm³/mol. The lowest BCUT2D eigenvalue weighted by molar-refractivity contribution is -0.121. The highest BCUT2D eigenvalue weighted by molar-refractivity contribution is 6.34. The Labute approximate surface area is 254 Å². The number of H-pyrrole nitrogens is 1. The van der Waals surface area contributed by atoms with Crippen molar-refractivity contribution in [1.29, 1.82) is 0 Å². The number of benzene rings is 3. The number of hydrogen-bond acceptors (Lipinski definition) is 8. The van der Waals surface area contributed by atoms with Crippen molar-refractivity contribution < 1.29 is 29.2 Å². The number of fused-ring (bicyclic) bond motifs is 2. The summed E-state index contributed by atoms with van der Waals surface area (Å²) in [5.41, 5.74) is 6.73. The number of imidazole rings is 1. The number of carbonyl (C=O) groups excluding carboxylic acids is 1. The molecule has 2 saturated heterocycles. The van der Waals surface area contributed by atoms with Crippen molar-refractivity contribution in [3.8, 4) is 28.3 Å². The summed E-state index contributed by atoms with van der Waals surface area (Å²) in [5.74, 6) is -0.0372. The normalized spacial score (nSPS) is 21.3.